The van der Waals surface area contributed by atoms with E-state index in [4.69, 9.17) is 14.2 Å². The molecule has 3 aliphatic carbocycles. The maximum Gasteiger partial charge on any atom is 0.333 e. The van der Waals surface area contributed by atoms with Crippen LogP contribution in [0.2, 0.25) is 0 Å². The first-order valence-electron chi connectivity index (χ1n) is 11.1. The number of hydrogen-bond donors (Lipinski definition) is 0. The first-order chi connectivity index (χ1) is 14.7. The van der Waals surface area contributed by atoms with Crippen molar-refractivity contribution in [2.75, 3.05) is 0 Å². The summed E-state index contributed by atoms with van der Waals surface area (Å²) in [5, 5.41) is 0. The molecule has 4 aliphatic rings. The van der Waals surface area contributed by atoms with Crippen molar-refractivity contribution in [3.05, 3.63) is 47.5 Å². The maximum absolute atomic E-state index is 13.4. The molecule has 2 bridgehead atoms. The molecule has 0 radical (unpaired) electrons. The van der Waals surface area contributed by atoms with Crippen LogP contribution in [-0.4, -0.2) is 35.7 Å². The van der Waals surface area contributed by atoms with E-state index in [9.17, 15) is 14.4 Å². The lowest BCUT2D eigenvalue weighted by Crippen LogP contribution is -2.46. The van der Waals surface area contributed by atoms with Crippen molar-refractivity contribution in [3.63, 3.8) is 0 Å². The van der Waals surface area contributed by atoms with Crippen LogP contribution in [0.4, 0.5) is 0 Å². The average molecular weight is 424 g/mol. The third-order valence-corrected chi connectivity index (χ3v) is 7.75. The van der Waals surface area contributed by atoms with Crippen molar-refractivity contribution in [1.29, 1.82) is 0 Å². The number of aryl methyl sites for hydroxylation is 1. The Kier molecular flexibility index (Phi) is 4.54. The van der Waals surface area contributed by atoms with Gasteiger partial charge in [0.2, 0.25) is 0 Å². The number of carbonyl (C=O) groups is 3. The smallest absolute Gasteiger partial charge is 0.333 e. The van der Waals surface area contributed by atoms with Gasteiger partial charge in [0.1, 0.15) is 17.8 Å². The van der Waals surface area contributed by atoms with E-state index in [1.807, 2.05) is 26.0 Å². The normalized spacial score (nSPS) is 34.9. The van der Waals surface area contributed by atoms with Gasteiger partial charge in [0.25, 0.3) is 0 Å². The zero-order valence-corrected chi connectivity index (χ0v) is 18.1. The van der Waals surface area contributed by atoms with Gasteiger partial charge in [-0.25, -0.2) is 4.79 Å². The second-order valence-electron chi connectivity index (χ2n) is 9.98. The Labute approximate surface area is 181 Å². The Morgan fingerprint density at radius 1 is 1.19 bits per heavy atom. The van der Waals surface area contributed by atoms with Crippen molar-refractivity contribution in [2.45, 2.75) is 63.8 Å². The van der Waals surface area contributed by atoms with E-state index in [1.165, 1.54) is 11.1 Å². The predicted octanol–water partition coefficient (Wildman–Crippen LogP) is 3.33. The summed E-state index contributed by atoms with van der Waals surface area (Å²) in [5.74, 6) is -2.71. The highest BCUT2D eigenvalue weighted by molar-refractivity contribution is 5.88. The molecule has 1 aromatic carbocycles. The molecule has 0 spiro atoms. The van der Waals surface area contributed by atoms with E-state index in [0.717, 1.165) is 12.8 Å². The summed E-state index contributed by atoms with van der Waals surface area (Å²) < 4.78 is 17.3. The molecule has 6 heteroatoms. The van der Waals surface area contributed by atoms with Crippen molar-refractivity contribution >= 4 is 17.9 Å². The van der Waals surface area contributed by atoms with Gasteiger partial charge in [-0.05, 0) is 51.2 Å². The molecule has 5 rings (SSSR count). The lowest BCUT2D eigenvalue weighted by molar-refractivity contribution is -0.173. The molecule has 164 valence electrons. The molecule has 3 fully saturated rings. The summed E-state index contributed by atoms with van der Waals surface area (Å²) in [7, 11) is 0. The molecule has 0 amide bonds. The number of esters is 3. The first kappa shape index (κ1) is 20.3. The molecule has 0 aromatic heterocycles. The number of carbonyl (C=O) groups excluding carboxylic acids is 3. The Morgan fingerprint density at radius 2 is 1.94 bits per heavy atom. The summed E-state index contributed by atoms with van der Waals surface area (Å²) in [6.07, 6.45) is 1.42. The standard InChI is InChI=1S/C25H28O6/c1-12(2)22(26)29-20-16-11-15-18(23(27)30-21(15)20)19(16)24(28)31-25(3,4)17-10-9-13-7-5-6-8-14(13)17/h5-8,15-21H,1,9-11H2,2-4H3. The van der Waals surface area contributed by atoms with Gasteiger partial charge < -0.3 is 14.2 Å². The van der Waals surface area contributed by atoms with Crippen LogP contribution in [0.25, 0.3) is 0 Å². The van der Waals surface area contributed by atoms with Gasteiger partial charge >= 0.3 is 17.9 Å². The number of hydrogen-bond acceptors (Lipinski definition) is 6. The summed E-state index contributed by atoms with van der Waals surface area (Å²) in [6, 6.07) is 8.27. The van der Waals surface area contributed by atoms with Crippen molar-refractivity contribution in [1.82, 2.24) is 0 Å². The fourth-order valence-corrected chi connectivity index (χ4v) is 6.37. The fourth-order valence-electron chi connectivity index (χ4n) is 6.37. The highest BCUT2D eigenvalue weighted by atomic mass is 16.6. The van der Waals surface area contributed by atoms with Crippen molar-refractivity contribution in [2.24, 2.45) is 23.7 Å². The SMILES string of the molecule is C=C(C)C(=O)OC1C2CC3C1OC(=O)C3C2C(=O)OC(C)(C)C1CCc2ccccc21. The number of fused-ring (bicyclic) bond motifs is 2. The van der Waals surface area contributed by atoms with Gasteiger partial charge in [-0.3, -0.25) is 9.59 Å². The predicted molar refractivity (Wildman–Crippen MR) is 111 cm³/mol. The summed E-state index contributed by atoms with van der Waals surface area (Å²) in [6.45, 7) is 9.09. The Hall–Kier alpha value is -2.63. The second kappa shape index (κ2) is 6.94. The minimum absolute atomic E-state index is 0.103. The van der Waals surface area contributed by atoms with Crippen LogP contribution in [0.15, 0.2) is 36.4 Å². The highest BCUT2D eigenvalue weighted by Crippen LogP contribution is 2.59. The summed E-state index contributed by atoms with van der Waals surface area (Å²) in [5.41, 5.74) is 2.09. The molecular formula is C25H28O6. The molecule has 2 saturated carbocycles. The molecule has 1 aliphatic heterocycles. The summed E-state index contributed by atoms with van der Waals surface area (Å²) >= 11 is 0. The van der Waals surface area contributed by atoms with E-state index in [2.05, 4.69) is 18.7 Å². The van der Waals surface area contributed by atoms with Crippen molar-refractivity contribution in [3.8, 4) is 0 Å². The third kappa shape index (κ3) is 3.02. The number of ether oxygens (including phenoxy) is 3. The maximum atomic E-state index is 13.4. The zero-order valence-electron chi connectivity index (χ0n) is 18.1. The fraction of sp³-hybridized carbons (Fsp3) is 0.560. The molecule has 1 heterocycles. The van der Waals surface area contributed by atoms with Crippen LogP contribution in [-0.2, 0) is 35.0 Å². The highest BCUT2D eigenvalue weighted by Gasteiger charge is 2.70. The van der Waals surface area contributed by atoms with Gasteiger partial charge in [-0.2, -0.15) is 0 Å². The monoisotopic (exact) mass is 424 g/mol. The van der Waals surface area contributed by atoms with Crippen molar-refractivity contribution < 1.29 is 28.6 Å². The lowest BCUT2D eigenvalue weighted by atomic mass is 9.78. The molecule has 7 atom stereocenters. The van der Waals surface area contributed by atoms with Gasteiger partial charge in [-0.15, -0.1) is 0 Å². The molecule has 0 N–H and O–H groups in total. The van der Waals surface area contributed by atoms with E-state index in [0.29, 0.717) is 6.42 Å². The Balaban J connectivity index is 1.37. The van der Waals surface area contributed by atoms with Gasteiger partial charge in [0.15, 0.2) is 0 Å². The largest absolute Gasteiger partial charge is 0.459 e. The topological polar surface area (TPSA) is 78.9 Å². The Morgan fingerprint density at radius 3 is 2.68 bits per heavy atom. The van der Waals surface area contributed by atoms with Gasteiger partial charge in [-0.1, -0.05) is 30.8 Å². The van der Waals surface area contributed by atoms with Crippen LogP contribution in [0.1, 0.15) is 50.7 Å². The van der Waals surface area contributed by atoms with Crippen LogP contribution in [0.5, 0.6) is 0 Å². The van der Waals surface area contributed by atoms with E-state index in [1.54, 1.807) is 6.92 Å². The molecule has 6 nitrogen and oxygen atoms in total. The summed E-state index contributed by atoms with van der Waals surface area (Å²) in [4.78, 5) is 38.1. The van der Waals surface area contributed by atoms with E-state index < -0.39 is 35.6 Å². The van der Waals surface area contributed by atoms with Gasteiger partial charge in [0, 0.05) is 23.3 Å². The molecule has 1 saturated heterocycles. The Bertz CT molecular complexity index is 978. The second-order valence-corrected chi connectivity index (χ2v) is 9.98. The average Bonchev–Trinajstić information content (AvgIpc) is 3.43. The molecule has 1 aromatic rings. The first-order valence-corrected chi connectivity index (χ1v) is 11.1. The number of rotatable bonds is 5. The molecule has 7 unspecified atom stereocenters. The van der Waals surface area contributed by atoms with Gasteiger partial charge in [0.05, 0.1) is 11.8 Å². The van der Waals surface area contributed by atoms with Crippen LogP contribution in [0.3, 0.4) is 0 Å². The number of benzene rings is 1. The lowest BCUT2D eigenvalue weighted by Gasteiger charge is -2.36. The van der Waals surface area contributed by atoms with Crippen LogP contribution < -0.4 is 0 Å². The minimum atomic E-state index is -0.711. The van der Waals surface area contributed by atoms with Crippen LogP contribution >= 0.6 is 0 Å². The molecular weight excluding hydrogens is 396 g/mol. The van der Waals surface area contributed by atoms with E-state index >= 15 is 0 Å². The third-order valence-electron chi connectivity index (χ3n) is 7.75. The minimum Gasteiger partial charge on any atom is -0.459 e. The quantitative estimate of drug-likeness (QED) is 0.410. The van der Waals surface area contributed by atoms with E-state index in [-0.39, 0.29) is 35.3 Å². The zero-order chi connectivity index (χ0) is 22.1. The molecule has 31 heavy (non-hydrogen) atoms. The van der Waals surface area contributed by atoms with Crippen LogP contribution in [0, 0.1) is 23.7 Å².